The second-order valence-electron chi connectivity index (χ2n) is 4.04. The summed E-state index contributed by atoms with van der Waals surface area (Å²) < 4.78 is 0. The smallest absolute Gasteiger partial charge is 0.326 e. The summed E-state index contributed by atoms with van der Waals surface area (Å²) in [5, 5.41) is 13.6. The zero-order valence-corrected chi connectivity index (χ0v) is 10.7. The molecule has 0 aromatic heterocycles. The van der Waals surface area contributed by atoms with E-state index in [0.29, 0.717) is 25.7 Å². The Labute approximate surface area is 106 Å². The first kappa shape index (κ1) is 16.2. The summed E-state index contributed by atoms with van der Waals surface area (Å²) in [5.41, 5.74) is 4.96. The number of carboxylic acids is 1. The van der Waals surface area contributed by atoms with Crippen LogP contribution in [-0.4, -0.2) is 35.1 Å². The van der Waals surface area contributed by atoms with E-state index in [1.165, 1.54) is 0 Å². The van der Waals surface area contributed by atoms with Crippen LogP contribution in [0.1, 0.15) is 39.5 Å². The van der Waals surface area contributed by atoms with Crippen molar-refractivity contribution in [2.24, 2.45) is 5.73 Å². The Balaban J connectivity index is 4.55. The van der Waals surface area contributed by atoms with Gasteiger partial charge in [-0.25, -0.2) is 9.59 Å². The maximum Gasteiger partial charge on any atom is 0.326 e. The van der Waals surface area contributed by atoms with Gasteiger partial charge in [0.05, 0.1) is 0 Å². The van der Waals surface area contributed by atoms with Crippen LogP contribution in [0.15, 0.2) is 0 Å². The summed E-state index contributed by atoms with van der Waals surface area (Å²) in [5.74, 6) is -1.60. The number of carbonyl (C=O) groups excluding carboxylic acids is 2. The molecule has 0 spiro atoms. The monoisotopic (exact) mass is 259 g/mol. The van der Waals surface area contributed by atoms with Gasteiger partial charge in [-0.3, -0.25) is 4.79 Å². The maximum absolute atomic E-state index is 11.8. The molecule has 0 saturated heterocycles. The van der Waals surface area contributed by atoms with Gasteiger partial charge in [-0.2, -0.15) is 0 Å². The number of primary amides is 1. The third-order valence-corrected chi connectivity index (χ3v) is 2.40. The van der Waals surface area contributed by atoms with Gasteiger partial charge in [-0.05, 0) is 12.8 Å². The van der Waals surface area contributed by atoms with E-state index >= 15 is 0 Å². The van der Waals surface area contributed by atoms with Crippen molar-refractivity contribution in [1.82, 2.24) is 10.6 Å². The molecule has 0 heterocycles. The van der Waals surface area contributed by atoms with Crippen molar-refractivity contribution in [3.63, 3.8) is 0 Å². The third-order valence-electron chi connectivity index (χ3n) is 2.40. The quantitative estimate of drug-likeness (QED) is 0.497. The molecule has 0 bridgehead atoms. The Morgan fingerprint density at radius 3 is 1.94 bits per heavy atom. The summed E-state index contributed by atoms with van der Waals surface area (Å²) in [4.78, 5) is 33.5. The highest BCUT2D eigenvalue weighted by molar-refractivity contribution is 5.89. The average molecular weight is 259 g/mol. The van der Waals surface area contributed by atoms with Crippen LogP contribution in [0.4, 0.5) is 4.79 Å². The van der Waals surface area contributed by atoms with Crippen molar-refractivity contribution in [2.75, 3.05) is 0 Å². The van der Waals surface area contributed by atoms with E-state index in [-0.39, 0.29) is 0 Å². The van der Waals surface area contributed by atoms with Gasteiger partial charge in [0.15, 0.2) is 0 Å². The van der Waals surface area contributed by atoms with Gasteiger partial charge < -0.3 is 21.5 Å². The molecule has 2 atom stereocenters. The summed E-state index contributed by atoms with van der Waals surface area (Å²) in [7, 11) is 0. The molecule has 1 unspecified atom stereocenters. The predicted octanol–water partition coefficient (Wildman–Crippen LogP) is 0.193. The zero-order chi connectivity index (χ0) is 14.1. The van der Waals surface area contributed by atoms with E-state index in [0.717, 1.165) is 0 Å². The second kappa shape index (κ2) is 8.32. The molecule has 0 rings (SSSR count). The molecule has 0 fully saturated rings. The van der Waals surface area contributed by atoms with E-state index in [2.05, 4.69) is 10.6 Å². The van der Waals surface area contributed by atoms with Gasteiger partial charge in [0.1, 0.15) is 12.1 Å². The molecule has 3 amide bonds. The number of hydrogen-bond acceptors (Lipinski definition) is 3. The Morgan fingerprint density at radius 1 is 1.06 bits per heavy atom. The Morgan fingerprint density at radius 2 is 1.56 bits per heavy atom. The normalized spacial score (nSPS) is 13.4. The molecule has 104 valence electrons. The molecule has 5 N–H and O–H groups in total. The van der Waals surface area contributed by atoms with Crippen molar-refractivity contribution in [3.8, 4) is 0 Å². The van der Waals surface area contributed by atoms with Crippen LogP contribution in [0.3, 0.4) is 0 Å². The van der Waals surface area contributed by atoms with Crippen molar-refractivity contribution in [3.05, 3.63) is 0 Å². The fourth-order valence-corrected chi connectivity index (χ4v) is 1.55. The van der Waals surface area contributed by atoms with Crippen LogP contribution in [-0.2, 0) is 9.59 Å². The minimum Gasteiger partial charge on any atom is -0.480 e. The third kappa shape index (κ3) is 6.07. The fourth-order valence-electron chi connectivity index (χ4n) is 1.55. The molecule has 18 heavy (non-hydrogen) atoms. The number of amides is 3. The Bertz CT molecular complexity index is 307. The number of nitrogens with two attached hydrogens (primary N) is 1. The van der Waals surface area contributed by atoms with Crippen molar-refractivity contribution >= 4 is 17.9 Å². The standard InChI is InChI=1S/C11H21N3O4/c1-3-5-7(14-11(12)18)9(15)13-8(6-4-2)10(16)17/h7-8H,3-6H2,1-2H3,(H,13,15)(H,16,17)(H3,12,14,18)/t7-,8?/m1/s1. The molecule has 7 heteroatoms. The van der Waals surface area contributed by atoms with Gasteiger partial charge >= 0.3 is 12.0 Å². The topological polar surface area (TPSA) is 122 Å². The SMILES string of the molecule is CCCC(NC(=O)[C@@H](CCC)NC(N)=O)C(=O)O. The number of urea groups is 1. The van der Waals surface area contributed by atoms with Crippen LogP contribution in [0.5, 0.6) is 0 Å². The number of hydrogen-bond donors (Lipinski definition) is 4. The van der Waals surface area contributed by atoms with Crippen LogP contribution < -0.4 is 16.4 Å². The minimum absolute atomic E-state index is 0.344. The fraction of sp³-hybridized carbons (Fsp3) is 0.727. The summed E-state index contributed by atoms with van der Waals surface area (Å²) in [6, 6.07) is -2.52. The van der Waals surface area contributed by atoms with Gasteiger partial charge in [0.2, 0.25) is 5.91 Å². The van der Waals surface area contributed by atoms with Gasteiger partial charge in [0.25, 0.3) is 0 Å². The maximum atomic E-state index is 11.8. The van der Waals surface area contributed by atoms with Crippen LogP contribution in [0.25, 0.3) is 0 Å². The lowest BCUT2D eigenvalue weighted by Gasteiger charge is -2.20. The lowest BCUT2D eigenvalue weighted by Crippen LogP contribution is -2.52. The number of nitrogens with one attached hydrogen (secondary N) is 2. The molecule has 7 nitrogen and oxygen atoms in total. The largest absolute Gasteiger partial charge is 0.480 e. The molecule has 0 aliphatic heterocycles. The molecule has 0 aromatic rings. The molecule has 0 aliphatic carbocycles. The second-order valence-corrected chi connectivity index (χ2v) is 4.04. The van der Waals surface area contributed by atoms with Gasteiger partial charge in [-0.15, -0.1) is 0 Å². The van der Waals surface area contributed by atoms with Gasteiger partial charge in [-0.1, -0.05) is 26.7 Å². The zero-order valence-electron chi connectivity index (χ0n) is 10.7. The van der Waals surface area contributed by atoms with E-state index < -0.39 is 30.0 Å². The highest BCUT2D eigenvalue weighted by atomic mass is 16.4. The van der Waals surface area contributed by atoms with Crippen molar-refractivity contribution < 1.29 is 19.5 Å². The van der Waals surface area contributed by atoms with Crippen molar-refractivity contribution in [1.29, 1.82) is 0 Å². The first-order valence-corrected chi connectivity index (χ1v) is 6.01. The Kier molecular flexibility index (Phi) is 7.50. The molecular weight excluding hydrogens is 238 g/mol. The summed E-state index contributed by atoms with van der Waals surface area (Å²) in [6.07, 6.45) is 2.06. The number of aliphatic carboxylic acids is 1. The van der Waals surface area contributed by atoms with Crippen molar-refractivity contribution in [2.45, 2.75) is 51.6 Å². The van der Waals surface area contributed by atoms with E-state index in [1.807, 2.05) is 13.8 Å². The van der Waals surface area contributed by atoms with Gasteiger partial charge in [0, 0.05) is 0 Å². The number of rotatable bonds is 8. The lowest BCUT2D eigenvalue weighted by molar-refractivity contribution is -0.142. The van der Waals surface area contributed by atoms with E-state index in [9.17, 15) is 14.4 Å². The molecule has 0 radical (unpaired) electrons. The van der Waals surface area contributed by atoms with Crippen LogP contribution >= 0.6 is 0 Å². The molecule has 0 aliphatic rings. The summed E-state index contributed by atoms with van der Waals surface area (Å²) >= 11 is 0. The van der Waals surface area contributed by atoms with Crippen LogP contribution in [0.2, 0.25) is 0 Å². The highest BCUT2D eigenvalue weighted by Crippen LogP contribution is 2.01. The van der Waals surface area contributed by atoms with E-state index in [1.54, 1.807) is 0 Å². The molecular formula is C11H21N3O4. The number of carbonyl (C=O) groups is 3. The predicted molar refractivity (Wildman–Crippen MR) is 65.9 cm³/mol. The lowest BCUT2D eigenvalue weighted by atomic mass is 10.1. The summed E-state index contributed by atoms with van der Waals surface area (Å²) in [6.45, 7) is 3.68. The van der Waals surface area contributed by atoms with E-state index in [4.69, 9.17) is 10.8 Å². The first-order valence-electron chi connectivity index (χ1n) is 6.01. The molecule has 0 saturated carbocycles. The first-order chi connectivity index (χ1) is 8.42. The van der Waals surface area contributed by atoms with Crippen LogP contribution in [0, 0.1) is 0 Å². The molecule has 0 aromatic carbocycles. The minimum atomic E-state index is -1.08. The average Bonchev–Trinajstić information content (AvgIpc) is 2.27. The number of carboxylic acid groups (broad SMARTS) is 1. The highest BCUT2D eigenvalue weighted by Gasteiger charge is 2.24. The Hall–Kier alpha value is -1.79.